The number of rotatable bonds is 4. The van der Waals surface area contributed by atoms with E-state index < -0.39 is 29.9 Å². The molecule has 1 N–H and O–H groups in total. The van der Waals surface area contributed by atoms with Gasteiger partial charge < -0.3 is 9.52 Å². The van der Waals surface area contributed by atoms with Crippen LogP contribution in [0.25, 0.3) is 0 Å². The largest absolute Gasteiger partial charge is 0.481 e. The molecule has 2 rings (SSSR count). The van der Waals surface area contributed by atoms with Crippen molar-refractivity contribution < 1.29 is 27.5 Å². The van der Waals surface area contributed by atoms with Crippen LogP contribution in [0.4, 0.5) is 13.2 Å². The average Bonchev–Trinajstić information content (AvgIpc) is 2.93. The Labute approximate surface area is 115 Å². The summed E-state index contributed by atoms with van der Waals surface area (Å²) in [6, 6.07) is 2.99. The van der Waals surface area contributed by atoms with Crippen molar-refractivity contribution in [3.8, 4) is 0 Å². The lowest BCUT2D eigenvalue weighted by Gasteiger charge is -2.26. The Bertz CT molecular complexity index is 463. The molecule has 0 saturated heterocycles. The highest BCUT2D eigenvalue weighted by Crippen LogP contribution is 2.66. The number of halogens is 3. The van der Waals surface area contributed by atoms with Crippen LogP contribution in [0.2, 0.25) is 0 Å². The minimum atomic E-state index is -4.40. The van der Waals surface area contributed by atoms with E-state index in [-0.39, 0.29) is 32.1 Å². The van der Waals surface area contributed by atoms with E-state index in [1.54, 1.807) is 13.0 Å². The van der Waals surface area contributed by atoms with E-state index in [0.29, 0.717) is 5.76 Å². The van der Waals surface area contributed by atoms with Gasteiger partial charge in [-0.3, -0.25) is 4.79 Å². The molecule has 0 aliphatic heterocycles. The Morgan fingerprint density at radius 2 is 2.05 bits per heavy atom. The number of hydrogen-bond acceptors (Lipinski definition) is 2. The molecule has 7 heteroatoms. The van der Waals surface area contributed by atoms with Crippen molar-refractivity contribution in [2.45, 2.75) is 38.3 Å². The van der Waals surface area contributed by atoms with Crippen molar-refractivity contribution in [1.82, 2.24) is 0 Å². The van der Waals surface area contributed by atoms with E-state index in [2.05, 4.69) is 0 Å². The Morgan fingerprint density at radius 1 is 1.47 bits per heavy atom. The van der Waals surface area contributed by atoms with Gasteiger partial charge >= 0.3 is 12.1 Å². The van der Waals surface area contributed by atoms with Crippen molar-refractivity contribution in [1.29, 1.82) is 0 Å². The molecule has 1 aromatic rings. The fourth-order valence-corrected chi connectivity index (χ4v) is 2.35. The molecule has 1 aliphatic rings. The van der Waals surface area contributed by atoms with E-state index in [1.165, 1.54) is 6.07 Å². The van der Waals surface area contributed by atoms with Crippen molar-refractivity contribution in [2.24, 2.45) is 5.41 Å². The molecule has 1 atom stereocenters. The molecule has 1 saturated carbocycles. The molecule has 0 amide bonds. The zero-order valence-electron chi connectivity index (χ0n) is 10.3. The molecule has 1 heterocycles. The quantitative estimate of drug-likeness (QED) is 0.923. The standard InChI is InChI=1S/C12H13F3O3.H2S/c1-7-2-3-9(18-7)8(6-10(16)17)11(4-5-11)12(13,14)15;/h2-3,8H,4-6H2,1H3,(H,16,17);1H2/t8-;/m1./s1. The summed E-state index contributed by atoms with van der Waals surface area (Å²) in [6.45, 7) is 1.62. The summed E-state index contributed by atoms with van der Waals surface area (Å²) in [6.07, 6.45) is -5.03. The third kappa shape index (κ3) is 2.91. The first-order valence-corrected chi connectivity index (χ1v) is 5.61. The van der Waals surface area contributed by atoms with Gasteiger partial charge in [-0.15, -0.1) is 0 Å². The van der Waals surface area contributed by atoms with Gasteiger partial charge in [-0.2, -0.15) is 26.7 Å². The number of aryl methyl sites for hydroxylation is 1. The monoisotopic (exact) mass is 296 g/mol. The third-order valence-electron chi connectivity index (χ3n) is 3.50. The fourth-order valence-electron chi connectivity index (χ4n) is 2.35. The first-order valence-electron chi connectivity index (χ1n) is 5.61. The maximum Gasteiger partial charge on any atom is 0.395 e. The summed E-state index contributed by atoms with van der Waals surface area (Å²) in [5, 5.41) is 8.80. The van der Waals surface area contributed by atoms with Crippen LogP contribution in [0.15, 0.2) is 16.5 Å². The summed E-state index contributed by atoms with van der Waals surface area (Å²) < 4.78 is 44.4. The molecule has 0 aromatic carbocycles. The number of hydrogen-bond donors (Lipinski definition) is 1. The SMILES string of the molecule is Cc1ccc([C@@H](CC(=O)O)C2(C(F)(F)F)CC2)o1.S. The van der Waals surface area contributed by atoms with E-state index in [4.69, 9.17) is 9.52 Å². The van der Waals surface area contributed by atoms with Gasteiger partial charge in [-0.05, 0) is 31.9 Å². The fraction of sp³-hybridized carbons (Fsp3) is 0.583. The van der Waals surface area contributed by atoms with Crippen LogP contribution in [0, 0.1) is 12.3 Å². The third-order valence-corrected chi connectivity index (χ3v) is 3.50. The van der Waals surface area contributed by atoms with Crippen LogP contribution in [-0.4, -0.2) is 17.3 Å². The second-order valence-electron chi connectivity index (χ2n) is 4.75. The summed E-state index contributed by atoms with van der Waals surface area (Å²) in [5.41, 5.74) is -1.92. The van der Waals surface area contributed by atoms with Gasteiger partial charge in [-0.25, -0.2) is 0 Å². The van der Waals surface area contributed by atoms with Gasteiger partial charge in [0, 0.05) is 5.92 Å². The van der Waals surface area contributed by atoms with Crippen LogP contribution in [0.5, 0.6) is 0 Å². The molecular weight excluding hydrogens is 281 g/mol. The van der Waals surface area contributed by atoms with E-state index in [0.717, 1.165) is 0 Å². The van der Waals surface area contributed by atoms with Crippen LogP contribution in [0.3, 0.4) is 0 Å². The second kappa shape index (κ2) is 5.11. The number of furan rings is 1. The minimum Gasteiger partial charge on any atom is -0.481 e. The van der Waals surface area contributed by atoms with Crippen molar-refractivity contribution in [3.05, 3.63) is 23.7 Å². The molecule has 108 valence electrons. The summed E-state index contributed by atoms with van der Waals surface area (Å²) >= 11 is 0. The van der Waals surface area contributed by atoms with Gasteiger partial charge in [0.05, 0.1) is 11.8 Å². The normalized spacial score (nSPS) is 18.5. The van der Waals surface area contributed by atoms with Gasteiger partial charge in [0.1, 0.15) is 11.5 Å². The number of carboxylic acids is 1. The van der Waals surface area contributed by atoms with Crippen molar-refractivity contribution in [3.63, 3.8) is 0 Å². The van der Waals surface area contributed by atoms with E-state index >= 15 is 0 Å². The van der Waals surface area contributed by atoms with Gasteiger partial charge in [0.2, 0.25) is 0 Å². The first kappa shape index (κ1) is 15.9. The summed E-state index contributed by atoms with van der Waals surface area (Å²) in [5.74, 6) is -1.78. The molecule has 0 unspecified atom stereocenters. The highest BCUT2D eigenvalue weighted by molar-refractivity contribution is 7.59. The van der Waals surface area contributed by atoms with Crippen LogP contribution in [0.1, 0.15) is 36.7 Å². The number of aliphatic carboxylic acids is 1. The lowest BCUT2D eigenvalue weighted by atomic mass is 9.83. The van der Waals surface area contributed by atoms with Gasteiger partial charge in [0.25, 0.3) is 0 Å². The summed E-state index contributed by atoms with van der Waals surface area (Å²) in [4.78, 5) is 10.8. The maximum absolute atomic E-state index is 13.1. The summed E-state index contributed by atoms with van der Waals surface area (Å²) in [7, 11) is 0. The first-order chi connectivity index (χ1) is 8.26. The average molecular weight is 296 g/mol. The molecular formula is C12H15F3O3S. The predicted molar refractivity (Wildman–Crippen MR) is 66.5 cm³/mol. The second-order valence-corrected chi connectivity index (χ2v) is 4.75. The lowest BCUT2D eigenvalue weighted by molar-refractivity contribution is -0.196. The maximum atomic E-state index is 13.1. The smallest absolute Gasteiger partial charge is 0.395 e. The molecule has 0 bridgehead atoms. The number of carbonyl (C=O) groups is 1. The Hall–Kier alpha value is -1.11. The predicted octanol–water partition coefficient (Wildman–Crippen LogP) is 3.60. The van der Waals surface area contributed by atoms with Gasteiger partial charge in [0.15, 0.2) is 0 Å². The zero-order valence-corrected chi connectivity index (χ0v) is 11.3. The Morgan fingerprint density at radius 3 is 2.37 bits per heavy atom. The van der Waals surface area contributed by atoms with Crippen molar-refractivity contribution in [2.75, 3.05) is 0 Å². The zero-order chi connectivity index (χ0) is 13.6. The molecule has 1 aromatic heterocycles. The van der Waals surface area contributed by atoms with E-state index in [9.17, 15) is 18.0 Å². The Kier molecular flexibility index (Phi) is 4.29. The molecule has 19 heavy (non-hydrogen) atoms. The number of carboxylic acid groups (broad SMARTS) is 1. The number of alkyl halides is 3. The molecule has 1 fully saturated rings. The van der Waals surface area contributed by atoms with Gasteiger partial charge in [-0.1, -0.05) is 0 Å². The lowest BCUT2D eigenvalue weighted by Crippen LogP contribution is -2.32. The van der Waals surface area contributed by atoms with Crippen LogP contribution in [-0.2, 0) is 4.79 Å². The van der Waals surface area contributed by atoms with E-state index in [1.807, 2.05) is 0 Å². The highest BCUT2D eigenvalue weighted by Gasteiger charge is 2.68. The highest BCUT2D eigenvalue weighted by atomic mass is 32.1. The van der Waals surface area contributed by atoms with Crippen LogP contribution >= 0.6 is 13.5 Å². The molecule has 0 radical (unpaired) electrons. The Balaban J connectivity index is 0.00000180. The van der Waals surface area contributed by atoms with Crippen molar-refractivity contribution >= 4 is 19.5 Å². The minimum absolute atomic E-state index is 0. The molecule has 3 nitrogen and oxygen atoms in total. The molecule has 0 spiro atoms. The van der Waals surface area contributed by atoms with Crippen LogP contribution < -0.4 is 0 Å². The molecule has 1 aliphatic carbocycles. The topological polar surface area (TPSA) is 50.4 Å².